The molecule has 5 aliphatic rings. The van der Waals surface area contributed by atoms with Crippen molar-refractivity contribution in [2.75, 3.05) is 18.5 Å². The lowest BCUT2D eigenvalue weighted by Gasteiger charge is -2.47. The van der Waals surface area contributed by atoms with Crippen LogP contribution in [0.3, 0.4) is 0 Å². The molecule has 0 bridgehead atoms. The van der Waals surface area contributed by atoms with Gasteiger partial charge in [0, 0.05) is 24.1 Å². The molecule has 5 aliphatic heterocycles. The summed E-state index contributed by atoms with van der Waals surface area (Å²) in [6.07, 6.45) is -4.35. The summed E-state index contributed by atoms with van der Waals surface area (Å²) in [5.74, 6) is -1.24. The molecule has 5 unspecified atom stereocenters. The first-order valence-corrected chi connectivity index (χ1v) is 12.5. The topological polar surface area (TPSA) is 158 Å². The van der Waals surface area contributed by atoms with Crippen LogP contribution in [0.4, 0.5) is 5.69 Å². The summed E-state index contributed by atoms with van der Waals surface area (Å²) in [6, 6.07) is 7.19. The van der Waals surface area contributed by atoms with Crippen molar-refractivity contribution < 1.29 is 44.2 Å². The number of piperidine rings is 1. The Labute approximate surface area is 212 Å². The van der Waals surface area contributed by atoms with Gasteiger partial charge in [-0.15, -0.1) is 6.58 Å². The number of para-hydroxylation sites is 1. The molecule has 5 N–H and O–H groups in total. The smallest absolute Gasteiger partial charge is 0.253 e. The van der Waals surface area contributed by atoms with Crippen molar-refractivity contribution in [1.29, 1.82) is 0 Å². The van der Waals surface area contributed by atoms with Crippen LogP contribution < -0.4 is 5.32 Å². The highest BCUT2D eigenvalue weighted by atomic mass is 16.8. The predicted octanol–water partition coefficient (Wildman–Crippen LogP) is -0.644. The van der Waals surface area contributed by atoms with Crippen molar-refractivity contribution in [2.24, 2.45) is 11.8 Å². The molecule has 0 saturated carbocycles. The lowest BCUT2D eigenvalue weighted by atomic mass is 9.67. The number of amides is 2. The van der Waals surface area contributed by atoms with Crippen molar-refractivity contribution in [2.45, 2.75) is 61.3 Å². The van der Waals surface area contributed by atoms with Crippen LogP contribution in [0.5, 0.6) is 0 Å². The van der Waals surface area contributed by atoms with Gasteiger partial charge in [-0.25, -0.2) is 0 Å². The van der Waals surface area contributed by atoms with Crippen LogP contribution in [-0.4, -0.2) is 93.3 Å². The van der Waals surface area contributed by atoms with Crippen LogP contribution in [-0.2, 0) is 29.2 Å². The summed E-state index contributed by atoms with van der Waals surface area (Å²) in [6.45, 7) is 3.77. The van der Waals surface area contributed by atoms with Crippen LogP contribution in [0.1, 0.15) is 18.4 Å². The van der Waals surface area contributed by atoms with Gasteiger partial charge in [0.15, 0.2) is 6.29 Å². The molecule has 0 aromatic heterocycles. The Morgan fingerprint density at radius 2 is 1.95 bits per heavy atom. The van der Waals surface area contributed by atoms with Gasteiger partial charge in [0.25, 0.3) is 5.91 Å². The molecule has 37 heavy (non-hydrogen) atoms. The van der Waals surface area contributed by atoms with Gasteiger partial charge in [-0.3, -0.25) is 9.59 Å². The van der Waals surface area contributed by atoms with Gasteiger partial charge in [0.2, 0.25) is 12.2 Å². The Morgan fingerprint density at radius 1 is 1.16 bits per heavy atom. The minimum atomic E-state index is -1.60. The summed E-state index contributed by atoms with van der Waals surface area (Å²) < 4.78 is 17.1. The molecule has 198 valence electrons. The third-order valence-electron chi connectivity index (χ3n) is 8.63. The zero-order chi connectivity index (χ0) is 26.1. The first kappa shape index (κ1) is 24.5. The minimum absolute atomic E-state index is 0.113. The monoisotopic (exact) mass is 514 g/mol. The highest BCUT2D eigenvalue weighted by Gasteiger charge is 2.62. The first-order chi connectivity index (χ1) is 17.8. The van der Waals surface area contributed by atoms with E-state index in [1.165, 1.54) is 6.26 Å². The second-order valence-electron chi connectivity index (χ2n) is 10.3. The van der Waals surface area contributed by atoms with E-state index >= 15 is 0 Å². The SMILES string of the molecule is C=C[C@H]1[C@H](OC2OC(CO)C(O)C(O)C2O)OC=C2C(=O)N3CC[C@@]4(C(=O)Nc5ccccc54)[C@H]3C[C@H]21. The molecule has 11 heteroatoms. The second kappa shape index (κ2) is 8.90. The van der Waals surface area contributed by atoms with Crippen molar-refractivity contribution >= 4 is 17.5 Å². The van der Waals surface area contributed by atoms with Gasteiger partial charge in [-0.1, -0.05) is 24.3 Å². The number of aliphatic hydroxyl groups excluding tert-OH is 4. The number of hydrogen-bond acceptors (Lipinski definition) is 9. The average Bonchev–Trinajstić information content (AvgIpc) is 3.43. The standard InChI is InChI=1S/C26H30N2O9/c1-2-12-13-9-18-26(15-5-3-4-6-16(15)27-25(26)34)7-8-28(18)22(33)14(13)11-35-23(12)37-24-21(32)20(31)19(30)17(10-29)36-24/h2-6,11-13,17-21,23-24,29-32H,1,7-10H2,(H,27,34)/t12-,13+,17?,18-,19?,20?,21?,23+,24?,26+/m1/s1. The largest absolute Gasteiger partial charge is 0.471 e. The average molecular weight is 515 g/mol. The lowest BCUT2D eigenvalue weighted by Crippen LogP contribution is -2.60. The summed E-state index contributed by atoms with van der Waals surface area (Å²) >= 11 is 0. The molecule has 1 aromatic rings. The van der Waals surface area contributed by atoms with Crippen LogP contribution >= 0.6 is 0 Å². The summed E-state index contributed by atoms with van der Waals surface area (Å²) in [5.41, 5.74) is 1.26. The summed E-state index contributed by atoms with van der Waals surface area (Å²) in [5, 5.41) is 43.1. The van der Waals surface area contributed by atoms with Gasteiger partial charge in [0.1, 0.15) is 24.4 Å². The highest BCUT2D eigenvalue weighted by Crippen LogP contribution is 2.54. The maximum absolute atomic E-state index is 13.6. The number of carbonyl (C=O) groups excluding carboxylic acids is 2. The Balaban J connectivity index is 1.29. The molecule has 3 saturated heterocycles. The second-order valence-corrected chi connectivity index (χ2v) is 10.3. The van der Waals surface area contributed by atoms with E-state index in [2.05, 4.69) is 11.9 Å². The van der Waals surface area contributed by atoms with Gasteiger partial charge in [-0.05, 0) is 24.5 Å². The summed E-state index contributed by atoms with van der Waals surface area (Å²) in [7, 11) is 0. The van der Waals surface area contributed by atoms with Gasteiger partial charge in [-0.2, -0.15) is 0 Å². The zero-order valence-corrected chi connectivity index (χ0v) is 20.0. The number of aliphatic hydroxyl groups is 4. The highest BCUT2D eigenvalue weighted by molar-refractivity contribution is 6.08. The summed E-state index contributed by atoms with van der Waals surface area (Å²) in [4.78, 5) is 28.7. The van der Waals surface area contributed by atoms with Gasteiger partial charge in [0.05, 0.1) is 29.9 Å². The zero-order valence-electron chi connectivity index (χ0n) is 20.0. The molecule has 10 atom stereocenters. The molecule has 1 spiro atoms. The third kappa shape index (κ3) is 3.42. The van der Waals surface area contributed by atoms with Crippen LogP contribution in [0, 0.1) is 11.8 Å². The molecule has 0 radical (unpaired) electrons. The number of rotatable bonds is 4. The van der Waals surface area contributed by atoms with E-state index in [9.17, 15) is 30.0 Å². The van der Waals surface area contributed by atoms with E-state index in [0.29, 0.717) is 25.0 Å². The molecule has 3 fully saturated rings. The number of nitrogens with one attached hydrogen (secondary N) is 1. The number of benzene rings is 1. The fourth-order valence-electron chi connectivity index (χ4n) is 6.70. The van der Waals surface area contributed by atoms with Crippen molar-refractivity contribution in [1.82, 2.24) is 4.90 Å². The molecule has 6 rings (SSSR count). The van der Waals surface area contributed by atoms with Crippen LogP contribution in [0.25, 0.3) is 0 Å². The number of hydrogen-bond donors (Lipinski definition) is 5. The van der Waals surface area contributed by atoms with E-state index in [-0.39, 0.29) is 23.8 Å². The first-order valence-electron chi connectivity index (χ1n) is 12.5. The van der Waals surface area contributed by atoms with Crippen molar-refractivity contribution in [3.05, 3.63) is 54.3 Å². The number of fused-ring (bicyclic) bond motifs is 5. The fourth-order valence-corrected chi connectivity index (χ4v) is 6.70. The predicted molar refractivity (Wildman–Crippen MR) is 126 cm³/mol. The minimum Gasteiger partial charge on any atom is -0.471 e. The number of anilines is 1. The van der Waals surface area contributed by atoms with E-state index in [4.69, 9.17) is 14.2 Å². The van der Waals surface area contributed by atoms with E-state index in [1.807, 2.05) is 24.3 Å². The fraction of sp³-hybridized carbons (Fsp3) is 0.538. The quantitative estimate of drug-likeness (QED) is 0.330. The van der Waals surface area contributed by atoms with Gasteiger partial charge >= 0.3 is 0 Å². The normalized spacial score (nSPS) is 42.4. The van der Waals surface area contributed by atoms with E-state index in [0.717, 1.165) is 11.3 Å². The molecular weight excluding hydrogens is 484 g/mol. The Bertz CT molecular complexity index is 1150. The maximum Gasteiger partial charge on any atom is 0.253 e. The molecule has 5 heterocycles. The van der Waals surface area contributed by atoms with E-state index in [1.54, 1.807) is 11.0 Å². The molecular formula is C26H30N2O9. The Hall–Kier alpha value is -2.80. The van der Waals surface area contributed by atoms with Gasteiger partial charge < -0.3 is 44.9 Å². The number of carbonyl (C=O) groups is 2. The third-order valence-corrected chi connectivity index (χ3v) is 8.63. The molecule has 1 aromatic carbocycles. The van der Waals surface area contributed by atoms with Crippen molar-refractivity contribution in [3.63, 3.8) is 0 Å². The van der Waals surface area contributed by atoms with E-state index < -0.39 is 54.9 Å². The number of nitrogens with zero attached hydrogens (tertiary/aromatic N) is 1. The van der Waals surface area contributed by atoms with Crippen molar-refractivity contribution in [3.8, 4) is 0 Å². The number of ether oxygens (including phenoxy) is 3. The van der Waals surface area contributed by atoms with Crippen LogP contribution in [0.2, 0.25) is 0 Å². The molecule has 0 aliphatic carbocycles. The van der Waals surface area contributed by atoms with Crippen LogP contribution in [0.15, 0.2) is 48.8 Å². The lowest BCUT2D eigenvalue weighted by molar-refractivity contribution is -0.339. The molecule has 11 nitrogen and oxygen atoms in total. The Kier molecular flexibility index (Phi) is 5.90. The molecule has 2 amide bonds. The maximum atomic E-state index is 13.6. The Morgan fingerprint density at radius 3 is 2.70 bits per heavy atom.